The van der Waals surface area contributed by atoms with E-state index < -0.39 is 6.04 Å². The van der Waals surface area contributed by atoms with Gasteiger partial charge in [-0.1, -0.05) is 6.92 Å². The molecule has 0 unspecified atom stereocenters. The van der Waals surface area contributed by atoms with E-state index >= 15 is 0 Å². The van der Waals surface area contributed by atoms with E-state index in [1.54, 1.807) is 6.92 Å². The number of nitrogens with zero attached hydrogens (tertiary/aromatic N) is 1. The molecule has 13 heavy (non-hydrogen) atoms. The molecular weight excluding hydrogens is 170 g/mol. The summed E-state index contributed by atoms with van der Waals surface area (Å²) in [6, 6.07) is -0.500. The summed E-state index contributed by atoms with van der Waals surface area (Å²) in [4.78, 5) is 34.8. The number of carbonyl (C=O) groups is 3. The van der Waals surface area contributed by atoms with Crippen molar-refractivity contribution in [2.45, 2.75) is 32.7 Å². The molecule has 0 spiro atoms. The van der Waals surface area contributed by atoms with Crippen molar-refractivity contribution in [3.63, 3.8) is 0 Å². The fourth-order valence-corrected chi connectivity index (χ4v) is 1.52. The van der Waals surface area contributed by atoms with Crippen LogP contribution in [0.25, 0.3) is 0 Å². The van der Waals surface area contributed by atoms with Crippen LogP contribution in [0.15, 0.2) is 0 Å². The highest BCUT2D eigenvalue weighted by atomic mass is 16.2. The molecule has 4 heteroatoms. The molecule has 1 amide bonds. The molecule has 4 nitrogen and oxygen atoms in total. The van der Waals surface area contributed by atoms with Crippen molar-refractivity contribution in [2.24, 2.45) is 0 Å². The highest BCUT2D eigenvalue weighted by molar-refractivity contribution is 5.98. The van der Waals surface area contributed by atoms with Crippen LogP contribution in [0.1, 0.15) is 26.7 Å². The van der Waals surface area contributed by atoms with E-state index in [0.717, 1.165) is 0 Å². The van der Waals surface area contributed by atoms with E-state index in [9.17, 15) is 14.4 Å². The summed E-state index contributed by atoms with van der Waals surface area (Å²) in [5.74, 6) is -0.249. The van der Waals surface area contributed by atoms with Crippen LogP contribution < -0.4 is 0 Å². The van der Waals surface area contributed by atoms with Gasteiger partial charge in [0, 0.05) is 12.8 Å². The summed E-state index contributed by atoms with van der Waals surface area (Å²) < 4.78 is 0. The van der Waals surface area contributed by atoms with Gasteiger partial charge in [-0.2, -0.15) is 0 Å². The number of likely N-dealkylation sites (tertiary alicyclic amines) is 1. The first-order valence-electron chi connectivity index (χ1n) is 4.38. The highest BCUT2D eigenvalue weighted by Crippen LogP contribution is 2.16. The Morgan fingerprint density at radius 1 is 1.54 bits per heavy atom. The lowest BCUT2D eigenvalue weighted by atomic mass is 10.1. The van der Waals surface area contributed by atoms with Gasteiger partial charge < -0.3 is 4.90 Å². The molecule has 1 rings (SSSR count). The van der Waals surface area contributed by atoms with Gasteiger partial charge in [-0.05, 0) is 6.92 Å². The molecule has 0 aliphatic carbocycles. The highest BCUT2D eigenvalue weighted by Gasteiger charge is 2.35. The zero-order valence-electron chi connectivity index (χ0n) is 7.87. The van der Waals surface area contributed by atoms with Gasteiger partial charge in [-0.15, -0.1) is 0 Å². The molecule has 72 valence electrons. The molecule has 1 heterocycles. The minimum atomic E-state index is -0.500. The number of Topliss-reactive ketones (excluding diaryl/α,β-unsaturated/α-hetero) is 2. The lowest BCUT2D eigenvalue weighted by molar-refractivity contribution is -0.136. The van der Waals surface area contributed by atoms with Crippen molar-refractivity contribution in [3.8, 4) is 0 Å². The maximum atomic E-state index is 11.3. The Kier molecular flexibility index (Phi) is 2.80. The summed E-state index contributed by atoms with van der Waals surface area (Å²) in [5.41, 5.74) is 0. The Morgan fingerprint density at radius 2 is 2.15 bits per heavy atom. The zero-order chi connectivity index (χ0) is 10.0. The van der Waals surface area contributed by atoms with Crippen LogP contribution in [0.2, 0.25) is 0 Å². The van der Waals surface area contributed by atoms with Crippen molar-refractivity contribution >= 4 is 17.5 Å². The van der Waals surface area contributed by atoms with Gasteiger partial charge in [0.2, 0.25) is 5.91 Å². The van der Waals surface area contributed by atoms with Gasteiger partial charge in [0.05, 0.1) is 12.6 Å². The van der Waals surface area contributed by atoms with Crippen LogP contribution in [0.5, 0.6) is 0 Å². The molecule has 0 N–H and O–H groups in total. The molecule has 1 fully saturated rings. The Hall–Kier alpha value is -1.19. The first-order valence-corrected chi connectivity index (χ1v) is 4.38. The Labute approximate surface area is 76.9 Å². The third-order valence-corrected chi connectivity index (χ3v) is 2.24. The van der Waals surface area contributed by atoms with E-state index in [-0.39, 0.29) is 30.4 Å². The monoisotopic (exact) mass is 183 g/mol. The van der Waals surface area contributed by atoms with Gasteiger partial charge in [0.15, 0.2) is 11.6 Å². The lowest BCUT2D eigenvalue weighted by Gasteiger charge is -2.20. The van der Waals surface area contributed by atoms with Crippen molar-refractivity contribution in [2.75, 3.05) is 6.54 Å². The summed E-state index contributed by atoms with van der Waals surface area (Å²) >= 11 is 0. The van der Waals surface area contributed by atoms with Crippen LogP contribution in [-0.2, 0) is 14.4 Å². The topological polar surface area (TPSA) is 54.5 Å². The predicted molar refractivity (Wildman–Crippen MR) is 46.1 cm³/mol. The van der Waals surface area contributed by atoms with E-state index in [2.05, 4.69) is 0 Å². The average Bonchev–Trinajstić information content (AvgIpc) is 2.46. The minimum absolute atomic E-state index is 0.0259. The van der Waals surface area contributed by atoms with Crippen LogP contribution in [0.4, 0.5) is 0 Å². The minimum Gasteiger partial charge on any atom is -0.325 e. The van der Waals surface area contributed by atoms with Crippen LogP contribution in [-0.4, -0.2) is 35.0 Å². The Morgan fingerprint density at radius 3 is 2.62 bits per heavy atom. The number of hydrogen-bond acceptors (Lipinski definition) is 3. The van der Waals surface area contributed by atoms with Gasteiger partial charge in [0.25, 0.3) is 0 Å². The molecule has 0 aromatic rings. The summed E-state index contributed by atoms with van der Waals surface area (Å²) in [7, 11) is 0. The normalized spacial score (nSPS) is 22.2. The molecule has 0 aromatic carbocycles. The number of hydrogen-bond donors (Lipinski definition) is 0. The average molecular weight is 183 g/mol. The van der Waals surface area contributed by atoms with Crippen molar-refractivity contribution in [1.82, 2.24) is 4.90 Å². The third-order valence-electron chi connectivity index (χ3n) is 2.24. The molecule has 1 aliphatic rings. The fraction of sp³-hybridized carbons (Fsp3) is 0.667. The Bertz CT molecular complexity index is 260. The molecular formula is C9H13NO3. The first-order chi connectivity index (χ1) is 6.06. The van der Waals surface area contributed by atoms with E-state index in [1.807, 2.05) is 0 Å². The number of rotatable bonds is 2. The fourth-order valence-electron chi connectivity index (χ4n) is 1.52. The Balaban J connectivity index is 2.77. The molecule has 0 aromatic heterocycles. The molecule has 1 saturated heterocycles. The molecule has 1 aliphatic heterocycles. The molecule has 0 saturated carbocycles. The van der Waals surface area contributed by atoms with Gasteiger partial charge in [-0.3, -0.25) is 14.4 Å². The second-order valence-corrected chi connectivity index (χ2v) is 3.24. The third kappa shape index (κ3) is 1.94. The summed E-state index contributed by atoms with van der Waals surface area (Å²) in [5, 5.41) is 0. The van der Waals surface area contributed by atoms with Crippen LogP contribution in [0.3, 0.4) is 0 Å². The second kappa shape index (κ2) is 3.68. The van der Waals surface area contributed by atoms with Gasteiger partial charge >= 0.3 is 0 Å². The van der Waals surface area contributed by atoms with E-state index in [0.29, 0.717) is 6.42 Å². The number of ketones is 2. The second-order valence-electron chi connectivity index (χ2n) is 3.24. The number of carbonyl (C=O) groups excluding carboxylic acids is 3. The van der Waals surface area contributed by atoms with Crippen molar-refractivity contribution in [3.05, 3.63) is 0 Å². The van der Waals surface area contributed by atoms with Crippen LogP contribution >= 0.6 is 0 Å². The molecule has 1 atom stereocenters. The van der Waals surface area contributed by atoms with Gasteiger partial charge in [-0.25, -0.2) is 0 Å². The quantitative estimate of drug-likeness (QED) is 0.612. The van der Waals surface area contributed by atoms with Crippen molar-refractivity contribution < 1.29 is 14.4 Å². The molecule has 0 radical (unpaired) electrons. The largest absolute Gasteiger partial charge is 0.325 e. The molecule has 0 bridgehead atoms. The smallest absolute Gasteiger partial charge is 0.223 e. The predicted octanol–water partition coefficient (Wildman–Crippen LogP) is 0.155. The lowest BCUT2D eigenvalue weighted by Crippen LogP contribution is -2.39. The maximum Gasteiger partial charge on any atom is 0.223 e. The first kappa shape index (κ1) is 9.89. The van der Waals surface area contributed by atoms with Crippen LogP contribution in [0, 0.1) is 0 Å². The van der Waals surface area contributed by atoms with E-state index in [1.165, 1.54) is 11.8 Å². The zero-order valence-corrected chi connectivity index (χ0v) is 7.87. The van der Waals surface area contributed by atoms with E-state index in [4.69, 9.17) is 0 Å². The number of amides is 1. The van der Waals surface area contributed by atoms with Crippen molar-refractivity contribution in [1.29, 1.82) is 0 Å². The summed E-state index contributed by atoms with van der Waals surface area (Å²) in [6.45, 7) is 3.25. The summed E-state index contributed by atoms with van der Waals surface area (Å²) in [6.07, 6.45) is 0.540. The standard InChI is InChI=1S/C9H13NO3/c1-3-9(13)10-5-7(12)4-8(10)6(2)11/h8H,3-5H2,1-2H3/t8-/m0/s1. The SMILES string of the molecule is CCC(=O)N1CC(=O)C[C@H]1C(C)=O. The van der Waals surface area contributed by atoms with Gasteiger partial charge in [0.1, 0.15) is 0 Å². The maximum absolute atomic E-state index is 11.3.